The van der Waals surface area contributed by atoms with E-state index >= 15 is 0 Å². The van der Waals surface area contributed by atoms with E-state index in [9.17, 15) is 9.90 Å². The maximum absolute atomic E-state index is 11.0. The van der Waals surface area contributed by atoms with Crippen molar-refractivity contribution < 1.29 is 15.0 Å². The van der Waals surface area contributed by atoms with Crippen LogP contribution in [-0.4, -0.2) is 22.7 Å². The van der Waals surface area contributed by atoms with Gasteiger partial charge in [0.1, 0.15) is 0 Å². The lowest BCUT2D eigenvalue weighted by Gasteiger charge is -2.33. The Labute approximate surface area is 133 Å². The van der Waals surface area contributed by atoms with Gasteiger partial charge in [-0.15, -0.1) is 0 Å². The van der Waals surface area contributed by atoms with E-state index < -0.39 is 12.1 Å². The van der Waals surface area contributed by atoms with E-state index in [1.807, 2.05) is 18.2 Å². The third-order valence-corrected chi connectivity index (χ3v) is 4.76. The Balaban J connectivity index is 2.06. The van der Waals surface area contributed by atoms with Crippen LogP contribution in [0.25, 0.3) is 0 Å². The van der Waals surface area contributed by atoms with E-state index in [0.717, 1.165) is 28.4 Å². The molecular weight excluding hydrogens is 298 g/mol. The second-order valence-electron chi connectivity index (χ2n) is 5.19. The van der Waals surface area contributed by atoms with E-state index in [0.29, 0.717) is 5.56 Å². The summed E-state index contributed by atoms with van der Waals surface area (Å²) in [7, 11) is 0. The summed E-state index contributed by atoms with van der Waals surface area (Å²) in [5.41, 5.74) is 2.65. The summed E-state index contributed by atoms with van der Waals surface area (Å²) in [6.45, 7) is 3.03. The van der Waals surface area contributed by atoms with Gasteiger partial charge < -0.3 is 15.1 Å². The number of carbonyl (C=O) groups is 1. The first-order valence-electron chi connectivity index (χ1n) is 7.21. The van der Waals surface area contributed by atoms with Gasteiger partial charge >= 0.3 is 5.97 Å². The fraction of sp³-hybridized carbons (Fsp3) is 0.235. The van der Waals surface area contributed by atoms with Crippen LogP contribution >= 0.6 is 11.8 Å². The molecule has 1 aliphatic rings. The van der Waals surface area contributed by atoms with E-state index in [1.165, 1.54) is 5.69 Å². The molecule has 3 rings (SSSR count). The number of benzene rings is 2. The average Bonchev–Trinajstić information content (AvgIpc) is 2.53. The van der Waals surface area contributed by atoms with Crippen LogP contribution in [0.2, 0.25) is 0 Å². The second kappa shape index (κ2) is 6.02. The number of aliphatic carboxylic acids is 1. The third kappa shape index (κ3) is 2.58. The molecule has 0 saturated carbocycles. The maximum atomic E-state index is 11.0. The highest BCUT2D eigenvalue weighted by atomic mass is 32.2. The fourth-order valence-electron chi connectivity index (χ4n) is 2.63. The first kappa shape index (κ1) is 14.9. The van der Waals surface area contributed by atoms with E-state index in [2.05, 4.69) is 24.0 Å². The number of anilines is 2. The Morgan fingerprint density at radius 1 is 1.18 bits per heavy atom. The molecule has 2 N–H and O–H groups in total. The van der Waals surface area contributed by atoms with Crippen LogP contribution in [0.1, 0.15) is 25.0 Å². The second-order valence-corrected chi connectivity index (χ2v) is 6.27. The van der Waals surface area contributed by atoms with Crippen LogP contribution in [0.5, 0.6) is 0 Å². The molecule has 0 saturated heterocycles. The van der Waals surface area contributed by atoms with E-state index in [-0.39, 0.29) is 0 Å². The number of rotatable bonds is 4. The van der Waals surface area contributed by atoms with Gasteiger partial charge in [0.05, 0.1) is 11.4 Å². The number of hydrogen-bond donors (Lipinski definition) is 2. The summed E-state index contributed by atoms with van der Waals surface area (Å²) in [5, 5.41) is 18.7. The first-order chi connectivity index (χ1) is 10.6. The maximum Gasteiger partial charge on any atom is 0.337 e. The standard InChI is InChI=1S/C17H17NO3S/c1-2-9-18-12-5-3-4-6-14(12)22-15-10-11(7-8-13(15)18)16(19)17(20)21/h3-8,10,16,19H,2,9H2,1H3,(H,20,21)/t16-/m1/s1. The van der Waals surface area contributed by atoms with Gasteiger partial charge in [-0.2, -0.15) is 0 Å². The average molecular weight is 315 g/mol. The molecule has 0 unspecified atom stereocenters. The van der Waals surface area contributed by atoms with Crippen molar-refractivity contribution in [3.63, 3.8) is 0 Å². The molecule has 1 aliphatic heterocycles. The van der Waals surface area contributed by atoms with Crippen LogP contribution in [0.3, 0.4) is 0 Å². The first-order valence-corrected chi connectivity index (χ1v) is 8.02. The zero-order valence-corrected chi connectivity index (χ0v) is 13.0. The van der Waals surface area contributed by atoms with Gasteiger partial charge in [0.2, 0.25) is 0 Å². The van der Waals surface area contributed by atoms with Gasteiger partial charge in [0.25, 0.3) is 0 Å². The number of hydrogen-bond acceptors (Lipinski definition) is 4. The van der Waals surface area contributed by atoms with Crippen molar-refractivity contribution in [1.82, 2.24) is 0 Å². The Hall–Kier alpha value is -1.98. The van der Waals surface area contributed by atoms with Gasteiger partial charge in [-0.25, -0.2) is 4.79 Å². The number of nitrogens with zero attached hydrogens (tertiary/aromatic N) is 1. The van der Waals surface area contributed by atoms with Gasteiger partial charge in [0.15, 0.2) is 6.10 Å². The number of carboxylic acids is 1. The quantitative estimate of drug-likeness (QED) is 0.898. The summed E-state index contributed by atoms with van der Waals surface area (Å²) >= 11 is 1.61. The highest BCUT2D eigenvalue weighted by molar-refractivity contribution is 7.99. The summed E-state index contributed by atoms with van der Waals surface area (Å²) in [4.78, 5) is 15.3. The minimum Gasteiger partial charge on any atom is -0.479 e. The molecule has 0 fully saturated rings. The van der Waals surface area contributed by atoms with E-state index in [1.54, 1.807) is 23.9 Å². The molecule has 0 bridgehead atoms. The molecule has 2 aromatic carbocycles. The largest absolute Gasteiger partial charge is 0.479 e. The van der Waals surface area contributed by atoms with Gasteiger partial charge in [-0.05, 0) is 36.2 Å². The molecule has 22 heavy (non-hydrogen) atoms. The number of carboxylic acid groups (broad SMARTS) is 1. The molecule has 4 nitrogen and oxygen atoms in total. The molecule has 2 aromatic rings. The van der Waals surface area contributed by atoms with Crippen LogP contribution in [-0.2, 0) is 4.79 Å². The molecule has 114 valence electrons. The van der Waals surface area contributed by atoms with Crippen molar-refractivity contribution in [2.75, 3.05) is 11.4 Å². The lowest BCUT2D eigenvalue weighted by atomic mass is 10.1. The number of fused-ring (bicyclic) bond motifs is 2. The zero-order valence-electron chi connectivity index (χ0n) is 12.2. The predicted octanol–water partition coefficient (Wildman–Crippen LogP) is 3.82. The van der Waals surface area contributed by atoms with Crippen LogP contribution < -0.4 is 4.90 Å². The summed E-state index contributed by atoms with van der Waals surface area (Å²) in [6, 6.07) is 13.5. The molecule has 0 aromatic heterocycles. The van der Waals surface area contributed by atoms with Gasteiger partial charge in [-0.3, -0.25) is 0 Å². The minimum atomic E-state index is -1.48. The van der Waals surface area contributed by atoms with Crippen molar-refractivity contribution in [2.24, 2.45) is 0 Å². The monoisotopic (exact) mass is 315 g/mol. The normalized spacial score (nSPS) is 14.2. The molecule has 1 heterocycles. The third-order valence-electron chi connectivity index (χ3n) is 3.65. The van der Waals surface area contributed by atoms with Gasteiger partial charge in [0, 0.05) is 16.3 Å². The smallest absolute Gasteiger partial charge is 0.337 e. The van der Waals surface area contributed by atoms with Crippen molar-refractivity contribution >= 4 is 29.1 Å². The highest BCUT2D eigenvalue weighted by Crippen LogP contribution is 2.48. The van der Waals surface area contributed by atoms with Gasteiger partial charge in [-0.1, -0.05) is 36.9 Å². The molecule has 0 radical (unpaired) electrons. The van der Waals surface area contributed by atoms with Crippen LogP contribution in [0.15, 0.2) is 52.3 Å². The SMILES string of the molecule is CCCN1c2ccccc2Sc2cc([C@@H](O)C(=O)O)ccc21. The Bertz CT molecular complexity index is 717. The zero-order chi connectivity index (χ0) is 15.7. The van der Waals surface area contributed by atoms with Crippen molar-refractivity contribution in [1.29, 1.82) is 0 Å². The lowest BCUT2D eigenvalue weighted by molar-refractivity contribution is -0.146. The van der Waals surface area contributed by atoms with Crippen LogP contribution in [0, 0.1) is 0 Å². The number of aliphatic hydroxyl groups excluding tert-OH is 1. The van der Waals surface area contributed by atoms with Crippen molar-refractivity contribution in [3.8, 4) is 0 Å². The Kier molecular flexibility index (Phi) is 4.09. The minimum absolute atomic E-state index is 0.412. The molecule has 0 amide bonds. The molecule has 0 spiro atoms. The van der Waals surface area contributed by atoms with E-state index in [4.69, 9.17) is 5.11 Å². The van der Waals surface area contributed by atoms with Crippen molar-refractivity contribution in [2.45, 2.75) is 29.2 Å². The Morgan fingerprint density at radius 2 is 1.91 bits per heavy atom. The molecule has 1 atom stereocenters. The Morgan fingerprint density at radius 3 is 2.64 bits per heavy atom. The molecule has 0 aliphatic carbocycles. The van der Waals surface area contributed by atoms with Crippen LogP contribution in [0.4, 0.5) is 11.4 Å². The number of para-hydroxylation sites is 1. The fourth-order valence-corrected chi connectivity index (χ4v) is 3.77. The van der Waals surface area contributed by atoms with Crippen molar-refractivity contribution in [3.05, 3.63) is 48.0 Å². The summed E-state index contributed by atoms with van der Waals surface area (Å²) < 4.78 is 0. The predicted molar refractivity (Wildman–Crippen MR) is 86.9 cm³/mol. The summed E-state index contributed by atoms with van der Waals surface area (Å²) in [6.07, 6.45) is -0.472. The lowest BCUT2D eigenvalue weighted by Crippen LogP contribution is -2.21. The summed E-state index contributed by atoms with van der Waals surface area (Å²) in [5.74, 6) is -1.23. The highest BCUT2D eigenvalue weighted by Gasteiger charge is 2.25. The topological polar surface area (TPSA) is 60.8 Å². The number of aliphatic hydroxyl groups is 1. The molecular formula is C17H17NO3S. The molecule has 5 heteroatoms.